The van der Waals surface area contributed by atoms with Gasteiger partial charge in [0.25, 0.3) is 5.91 Å². The summed E-state index contributed by atoms with van der Waals surface area (Å²) in [5, 5.41) is 4.34. The van der Waals surface area contributed by atoms with Crippen LogP contribution in [0.15, 0.2) is 53.6 Å². The van der Waals surface area contributed by atoms with E-state index in [-0.39, 0.29) is 5.82 Å². The third-order valence-electron chi connectivity index (χ3n) is 2.71. The van der Waals surface area contributed by atoms with Crippen LogP contribution in [0.4, 0.5) is 4.39 Å². The van der Waals surface area contributed by atoms with Gasteiger partial charge in [0.15, 0.2) is 0 Å². The third kappa shape index (κ3) is 3.42. The van der Waals surface area contributed by atoms with Gasteiger partial charge in [0.1, 0.15) is 5.82 Å². The summed E-state index contributed by atoms with van der Waals surface area (Å²) < 4.78 is 12.8. The molecule has 3 nitrogen and oxygen atoms in total. The fourth-order valence-corrected chi connectivity index (χ4v) is 1.82. The molecule has 102 valence electrons. The SMILES string of the molecule is C/C(=N/NC(=O)c1ccccc1Cl)c1ccc(F)cc1. The molecule has 5 heteroatoms. The highest BCUT2D eigenvalue weighted by molar-refractivity contribution is 6.33. The summed E-state index contributed by atoms with van der Waals surface area (Å²) in [6.45, 7) is 1.72. The lowest BCUT2D eigenvalue weighted by Gasteiger charge is -2.04. The second-order valence-electron chi connectivity index (χ2n) is 4.12. The molecule has 0 saturated carbocycles. The zero-order valence-electron chi connectivity index (χ0n) is 10.7. The van der Waals surface area contributed by atoms with Gasteiger partial charge >= 0.3 is 0 Å². The first-order valence-corrected chi connectivity index (χ1v) is 6.31. The fourth-order valence-electron chi connectivity index (χ4n) is 1.60. The van der Waals surface area contributed by atoms with Crippen molar-refractivity contribution in [3.63, 3.8) is 0 Å². The summed E-state index contributed by atoms with van der Waals surface area (Å²) in [6.07, 6.45) is 0. The number of amides is 1. The molecule has 2 aromatic carbocycles. The van der Waals surface area contributed by atoms with Gasteiger partial charge in [0, 0.05) is 0 Å². The maximum absolute atomic E-state index is 12.8. The first-order valence-electron chi connectivity index (χ1n) is 5.93. The van der Waals surface area contributed by atoms with Crippen molar-refractivity contribution in [2.45, 2.75) is 6.92 Å². The Morgan fingerprint density at radius 1 is 1.15 bits per heavy atom. The Bertz CT molecular complexity index is 653. The van der Waals surface area contributed by atoms with Crippen LogP contribution in [0.2, 0.25) is 5.02 Å². The molecule has 2 aromatic rings. The number of halogens is 2. The van der Waals surface area contributed by atoms with Crippen LogP contribution in [0.5, 0.6) is 0 Å². The Balaban J connectivity index is 2.11. The van der Waals surface area contributed by atoms with Crippen molar-refractivity contribution < 1.29 is 9.18 Å². The number of benzene rings is 2. The molecule has 1 N–H and O–H groups in total. The Morgan fingerprint density at radius 3 is 2.45 bits per heavy atom. The van der Waals surface area contributed by atoms with Crippen molar-refractivity contribution in [3.8, 4) is 0 Å². The summed E-state index contributed by atoms with van der Waals surface area (Å²) in [4.78, 5) is 11.9. The lowest BCUT2D eigenvalue weighted by Crippen LogP contribution is -2.19. The molecule has 0 aliphatic rings. The van der Waals surface area contributed by atoms with Crippen LogP contribution in [0.3, 0.4) is 0 Å². The van der Waals surface area contributed by atoms with Crippen LogP contribution in [0.25, 0.3) is 0 Å². The van der Waals surface area contributed by atoms with Crippen molar-refractivity contribution in [1.29, 1.82) is 0 Å². The normalized spacial score (nSPS) is 11.2. The van der Waals surface area contributed by atoms with E-state index in [1.54, 1.807) is 43.3 Å². The second kappa shape index (κ2) is 6.30. The van der Waals surface area contributed by atoms with Crippen LogP contribution in [-0.4, -0.2) is 11.6 Å². The maximum atomic E-state index is 12.8. The molecule has 0 spiro atoms. The molecular weight excluding hydrogens is 279 g/mol. The second-order valence-corrected chi connectivity index (χ2v) is 4.53. The molecule has 1 amide bonds. The van der Waals surface area contributed by atoms with Gasteiger partial charge < -0.3 is 0 Å². The number of nitrogens with one attached hydrogen (secondary N) is 1. The lowest BCUT2D eigenvalue weighted by molar-refractivity contribution is 0.0955. The first-order chi connectivity index (χ1) is 9.58. The van der Waals surface area contributed by atoms with E-state index in [1.807, 2.05) is 0 Å². The van der Waals surface area contributed by atoms with Gasteiger partial charge in [-0.05, 0) is 36.8 Å². The minimum absolute atomic E-state index is 0.318. The molecule has 0 aliphatic carbocycles. The summed E-state index contributed by atoms with van der Waals surface area (Å²) in [6, 6.07) is 12.6. The Hall–Kier alpha value is -2.20. The summed E-state index contributed by atoms with van der Waals surface area (Å²) in [7, 11) is 0. The largest absolute Gasteiger partial charge is 0.272 e. The van der Waals surface area contributed by atoms with Crippen molar-refractivity contribution in [1.82, 2.24) is 5.43 Å². The number of hydrazone groups is 1. The van der Waals surface area contributed by atoms with E-state index in [0.717, 1.165) is 5.56 Å². The van der Waals surface area contributed by atoms with Crippen molar-refractivity contribution in [2.24, 2.45) is 5.10 Å². The smallest absolute Gasteiger partial charge is 0.267 e. The molecule has 2 rings (SSSR count). The third-order valence-corrected chi connectivity index (χ3v) is 3.04. The van der Waals surface area contributed by atoms with E-state index >= 15 is 0 Å². The predicted octanol–water partition coefficient (Wildman–Crippen LogP) is 3.63. The highest BCUT2D eigenvalue weighted by Gasteiger charge is 2.08. The average Bonchev–Trinajstić information content (AvgIpc) is 2.45. The number of nitrogens with zero attached hydrogens (tertiary/aromatic N) is 1. The zero-order chi connectivity index (χ0) is 14.5. The van der Waals surface area contributed by atoms with E-state index in [9.17, 15) is 9.18 Å². The monoisotopic (exact) mass is 290 g/mol. The summed E-state index contributed by atoms with van der Waals surface area (Å²) >= 11 is 5.92. The van der Waals surface area contributed by atoms with Crippen LogP contribution < -0.4 is 5.43 Å². The highest BCUT2D eigenvalue weighted by atomic mass is 35.5. The molecule has 0 radical (unpaired) electrons. The van der Waals surface area contributed by atoms with Gasteiger partial charge in [-0.2, -0.15) is 5.10 Å². The molecule has 0 fully saturated rings. The van der Waals surface area contributed by atoms with Crippen molar-refractivity contribution in [2.75, 3.05) is 0 Å². The van der Waals surface area contributed by atoms with Crippen LogP contribution in [-0.2, 0) is 0 Å². The predicted molar refractivity (Wildman–Crippen MR) is 77.5 cm³/mol. The number of carbonyl (C=O) groups is 1. The quantitative estimate of drug-likeness (QED) is 0.680. The number of rotatable bonds is 3. The Kier molecular flexibility index (Phi) is 4.48. The van der Waals surface area contributed by atoms with Crippen LogP contribution in [0.1, 0.15) is 22.8 Å². The van der Waals surface area contributed by atoms with Crippen LogP contribution in [0, 0.1) is 5.82 Å². The molecule has 0 saturated heterocycles. The molecule has 0 atom stereocenters. The molecular formula is C15H12ClFN2O. The molecule has 0 unspecified atom stereocenters. The topological polar surface area (TPSA) is 41.5 Å². The van der Waals surface area contributed by atoms with E-state index < -0.39 is 5.91 Å². The lowest BCUT2D eigenvalue weighted by atomic mass is 10.1. The maximum Gasteiger partial charge on any atom is 0.272 e. The zero-order valence-corrected chi connectivity index (χ0v) is 11.5. The summed E-state index contributed by atoms with van der Waals surface area (Å²) in [5.41, 5.74) is 4.08. The Labute approximate surface area is 121 Å². The first kappa shape index (κ1) is 14.2. The molecule has 20 heavy (non-hydrogen) atoms. The molecule has 0 heterocycles. The van der Waals surface area contributed by atoms with Gasteiger partial charge in [0.2, 0.25) is 0 Å². The molecule has 0 aliphatic heterocycles. The Morgan fingerprint density at radius 2 is 1.80 bits per heavy atom. The molecule has 0 bridgehead atoms. The number of hydrogen-bond acceptors (Lipinski definition) is 2. The fraction of sp³-hybridized carbons (Fsp3) is 0.0667. The minimum atomic E-state index is -0.392. The molecule has 0 aromatic heterocycles. The minimum Gasteiger partial charge on any atom is -0.267 e. The highest BCUT2D eigenvalue weighted by Crippen LogP contribution is 2.14. The van der Waals surface area contributed by atoms with Gasteiger partial charge in [-0.3, -0.25) is 4.79 Å². The van der Waals surface area contributed by atoms with E-state index in [2.05, 4.69) is 10.5 Å². The van der Waals surface area contributed by atoms with E-state index in [1.165, 1.54) is 12.1 Å². The van der Waals surface area contributed by atoms with Gasteiger partial charge in [-0.15, -0.1) is 0 Å². The van der Waals surface area contributed by atoms with E-state index in [4.69, 9.17) is 11.6 Å². The summed E-state index contributed by atoms with van der Waals surface area (Å²) in [5.74, 6) is -0.710. The van der Waals surface area contributed by atoms with Crippen molar-refractivity contribution >= 4 is 23.2 Å². The number of carbonyl (C=O) groups excluding carboxylic acids is 1. The van der Waals surface area contributed by atoms with Crippen LogP contribution >= 0.6 is 11.6 Å². The van der Waals surface area contributed by atoms with Gasteiger partial charge in [0.05, 0.1) is 16.3 Å². The average molecular weight is 291 g/mol. The van der Waals surface area contributed by atoms with Gasteiger partial charge in [-0.25, -0.2) is 9.82 Å². The van der Waals surface area contributed by atoms with Crippen molar-refractivity contribution in [3.05, 3.63) is 70.5 Å². The van der Waals surface area contributed by atoms with E-state index in [0.29, 0.717) is 16.3 Å². The standard InChI is InChI=1S/C15H12ClFN2O/c1-10(11-6-8-12(17)9-7-11)18-19-15(20)13-4-2-3-5-14(13)16/h2-9H,1H3,(H,19,20)/b18-10-. The number of hydrogen-bond donors (Lipinski definition) is 1. The van der Waals surface area contributed by atoms with Gasteiger partial charge in [-0.1, -0.05) is 35.9 Å².